The highest BCUT2D eigenvalue weighted by Crippen LogP contribution is 2.09. The van der Waals surface area contributed by atoms with Gasteiger partial charge in [-0.3, -0.25) is 14.5 Å². The fraction of sp³-hybridized carbons (Fsp3) is 0.600. The summed E-state index contributed by atoms with van der Waals surface area (Å²) in [5, 5.41) is 2.95. The summed E-state index contributed by atoms with van der Waals surface area (Å²) >= 11 is 0. The molecule has 1 heterocycles. The normalized spacial score (nSPS) is 14.8. The summed E-state index contributed by atoms with van der Waals surface area (Å²) in [6.45, 7) is 5.07. The monoisotopic (exact) mass is 364 g/mol. The number of carbonyl (C=O) groups is 2. The van der Waals surface area contributed by atoms with Gasteiger partial charge in [-0.25, -0.2) is 0 Å². The Bertz CT molecular complexity index is 560. The summed E-state index contributed by atoms with van der Waals surface area (Å²) in [5.74, 6) is -0.187. The van der Waals surface area contributed by atoms with Gasteiger partial charge in [0.2, 0.25) is 0 Å². The van der Waals surface area contributed by atoms with Crippen molar-refractivity contribution in [3.63, 3.8) is 0 Å². The molecule has 6 heteroatoms. The van der Waals surface area contributed by atoms with E-state index in [9.17, 15) is 9.59 Å². The number of hydrogen-bond acceptors (Lipinski definition) is 5. The zero-order chi connectivity index (χ0) is 18.6. The summed E-state index contributed by atoms with van der Waals surface area (Å²) in [6.07, 6.45) is 4.20. The van der Waals surface area contributed by atoms with Crippen molar-refractivity contribution in [1.29, 1.82) is 0 Å². The van der Waals surface area contributed by atoms with Crippen LogP contribution in [-0.2, 0) is 20.8 Å². The number of nitrogens with zero attached hydrogens (tertiary/aromatic N) is 1. The number of hydrogen-bond donors (Lipinski definition) is 1. The van der Waals surface area contributed by atoms with Crippen LogP contribution in [0.25, 0.3) is 0 Å². The van der Waals surface area contributed by atoms with Crippen molar-refractivity contribution in [2.45, 2.75) is 38.6 Å². The quantitative estimate of drug-likeness (QED) is 0.511. The maximum absolute atomic E-state index is 12.2. The lowest BCUT2D eigenvalue weighted by atomic mass is 10.1. The molecule has 2 rings (SSSR count). The van der Waals surface area contributed by atoms with Crippen molar-refractivity contribution in [3.05, 3.63) is 35.4 Å². The van der Waals surface area contributed by atoms with Crippen molar-refractivity contribution < 1.29 is 20.5 Å². The van der Waals surface area contributed by atoms with E-state index >= 15 is 0 Å². The fourth-order valence-corrected chi connectivity index (χ4v) is 2.93. The summed E-state index contributed by atoms with van der Waals surface area (Å²) in [7, 11) is 1.41. The molecule has 146 valence electrons. The first-order valence-corrected chi connectivity index (χ1v) is 9.43. The van der Waals surface area contributed by atoms with Crippen LogP contribution in [0.2, 0.25) is 0 Å². The maximum Gasteiger partial charge on any atom is 0.305 e. The summed E-state index contributed by atoms with van der Waals surface area (Å²) < 4.78 is 9.96. The first-order chi connectivity index (χ1) is 12.7. The molecule has 1 fully saturated rings. The van der Waals surface area contributed by atoms with E-state index in [2.05, 4.69) is 15.0 Å². The first-order valence-electron chi connectivity index (χ1n) is 9.43. The molecule has 1 aromatic carbocycles. The summed E-state index contributed by atoms with van der Waals surface area (Å²) in [6, 6.07) is 7.83. The minimum absolute atomic E-state index is 0. The van der Waals surface area contributed by atoms with E-state index < -0.39 is 0 Å². The number of benzene rings is 1. The van der Waals surface area contributed by atoms with Gasteiger partial charge in [0.1, 0.15) is 0 Å². The molecule has 0 atom stereocenters. The Morgan fingerprint density at radius 1 is 1.12 bits per heavy atom. The molecule has 1 aliphatic heterocycles. The molecule has 0 saturated carbocycles. The third-order valence-corrected chi connectivity index (χ3v) is 4.55. The highest BCUT2D eigenvalue weighted by atomic mass is 16.5. The van der Waals surface area contributed by atoms with E-state index in [1.807, 2.05) is 24.3 Å². The second kappa shape index (κ2) is 11.6. The van der Waals surface area contributed by atoms with Crippen LogP contribution < -0.4 is 5.32 Å². The predicted octanol–water partition coefficient (Wildman–Crippen LogP) is 2.62. The van der Waals surface area contributed by atoms with Gasteiger partial charge in [0, 0.05) is 39.6 Å². The van der Waals surface area contributed by atoms with Gasteiger partial charge in [-0.2, -0.15) is 0 Å². The molecule has 0 unspecified atom stereocenters. The minimum Gasteiger partial charge on any atom is -0.469 e. The molecular formula is C20H32N2O4. The number of methoxy groups -OCH3 is 1. The van der Waals surface area contributed by atoms with Crippen LogP contribution in [-0.4, -0.2) is 56.7 Å². The lowest BCUT2D eigenvalue weighted by molar-refractivity contribution is -0.140. The standard InChI is InChI=1S/C20H30N2O4.H2/c1-25-19(23)6-4-2-3-5-11-21-20(24)18-9-7-17(8-10-18)16-22-12-14-26-15-13-22;/h7-10H,2-6,11-16H2,1H3,(H,21,24);1H. The number of amides is 1. The van der Waals surface area contributed by atoms with Crippen LogP contribution in [0.4, 0.5) is 0 Å². The molecule has 1 saturated heterocycles. The third kappa shape index (κ3) is 7.54. The van der Waals surface area contributed by atoms with E-state index in [0.717, 1.165) is 58.5 Å². The molecule has 0 aromatic heterocycles. The van der Waals surface area contributed by atoms with Crippen molar-refractivity contribution in [1.82, 2.24) is 10.2 Å². The minimum atomic E-state index is -0.157. The molecule has 1 aromatic rings. The van der Waals surface area contributed by atoms with E-state index in [1.165, 1.54) is 12.7 Å². The molecule has 1 N–H and O–H groups in total. The third-order valence-electron chi connectivity index (χ3n) is 4.55. The lowest BCUT2D eigenvalue weighted by Crippen LogP contribution is -2.35. The number of rotatable bonds is 10. The smallest absolute Gasteiger partial charge is 0.305 e. The Kier molecular flexibility index (Phi) is 9.14. The zero-order valence-electron chi connectivity index (χ0n) is 15.7. The highest BCUT2D eigenvalue weighted by molar-refractivity contribution is 5.94. The highest BCUT2D eigenvalue weighted by Gasteiger charge is 2.11. The Morgan fingerprint density at radius 2 is 1.81 bits per heavy atom. The van der Waals surface area contributed by atoms with Crippen molar-refractivity contribution in [2.24, 2.45) is 0 Å². The van der Waals surface area contributed by atoms with Gasteiger partial charge in [0.25, 0.3) is 5.91 Å². The second-order valence-electron chi connectivity index (χ2n) is 6.58. The Labute approximate surface area is 157 Å². The molecule has 6 nitrogen and oxygen atoms in total. The molecule has 0 radical (unpaired) electrons. The van der Waals surface area contributed by atoms with Crippen LogP contribution in [0.5, 0.6) is 0 Å². The predicted molar refractivity (Wildman–Crippen MR) is 102 cm³/mol. The van der Waals surface area contributed by atoms with Crippen LogP contribution in [0.1, 0.15) is 49.5 Å². The largest absolute Gasteiger partial charge is 0.469 e. The van der Waals surface area contributed by atoms with Gasteiger partial charge in [-0.05, 0) is 30.5 Å². The number of morpholine rings is 1. The number of esters is 1. The SMILES string of the molecule is COC(=O)CCCCCCNC(=O)c1ccc(CN2CCOCC2)cc1.[HH]. The van der Waals surface area contributed by atoms with Gasteiger partial charge >= 0.3 is 5.97 Å². The average molecular weight is 364 g/mol. The summed E-state index contributed by atoms with van der Waals surface area (Å²) in [5.41, 5.74) is 1.91. The van der Waals surface area contributed by atoms with Crippen molar-refractivity contribution in [2.75, 3.05) is 40.0 Å². The molecule has 0 aliphatic carbocycles. The zero-order valence-corrected chi connectivity index (χ0v) is 15.7. The number of unbranched alkanes of at least 4 members (excludes halogenated alkanes) is 3. The number of carbonyl (C=O) groups excluding carboxylic acids is 2. The topological polar surface area (TPSA) is 67.9 Å². The number of ether oxygens (including phenoxy) is 2. The molecule has 1 amide bonds. The van der Waals surface area contributed by atoms with E-state index in [1.54, 1.807) is 0 Å². The van der Waals surface area contributed by atoms with E-state index in [0.29, 0.717) is 18.5 Å². The summed E-state index contributed by atoms with van der Waals surface area (Å²) in [4.78, 5) is 25.5. The first kappa shape index (κ1) is 20.4. The van der Waals surface area contributed by atoms with Gasteiger partial charge in [-0.15, -0.1) is 0 Å². The second-order valence-corrected chi connectivity index (χ2v) is 6.58. The van der Waals surface area contributed by atoms with Crippen LogP contribution >= 0.6 is 0 Å². The van der Waals surface area contributed by atoms with E-state index in [-0.39, 0.29) is 13.3 Å². The van der Waals surface area contributed by atoms with Crippen LogP contribution in [0.3, 0.4) is 0 Å². The molecular weight excluding hydrogens is 332 g/mol. The average Bonchev–Trinajstić information content (AvgIpc) is 2.68. The van der Waals surface area contributed by atoms with Crippen LogP contribution in [0.15, 0.2) is 24.3 Å². The van der Waals surface area contributed by atoms with Gasteiger partial charge in [0.15, 0.2) is 0 Å². The van der Waals surface area contributed by atoms with Crippen molar-refractivity contribution >= 4 is 11.9 Å². The molecule has 26 heavy (non-hydrogen) atoms. The molecule has 0 spiro atoms. The number of nitrogens with one attached hydrogen (secondary N) is 1. The van der Waals surface area contributed by atoms with E-state index in [4.69, 9.17) is 4.74 Å². The molecule has 1 aliphatic rings. The van der Waals surface area contributed by atoms with Gasteiger partial charge in [0.05, 0.1) is 20.3 Å². The van der Waals surface area contributed by atoms with Crippen molar-refractivity contribution in [3.8, 4) is 0 Å². The van der Waals surface area contributed by atoms with Gasteiger partial charge < -0.3 is 14.8 Å². The molecule has 0 bridgehead atoms. The Morgan fingerprint density at radius 3 is 2.50 bits per heavy atom. The van der Waals surface area contributed by atoms with Gasteiger partial charge in [-0.1, -0.05) is 25.0 Å². The maximum atomic E-state index is 12.2. The lowest BCUT2D eigenvalue weighted by Gasteiger charge is -2.26. The Hall–Kier alpha value is -1.92. The Balaban J connectivity index is 0.00000364. The van der Waals surface area contributed by atoms with Crippen LogP contribution in [0, 0.1) is 0 Å². The fourth-order valence-electron chi connectivity index (χ4n) is 2.93.